The number of pyridine rings is 1. The molecule has 1 aromatic carbocycles. The van der Waals surface area contributed by atoms with Crippen LogP contribution in [-0.4, -0.2) is 49.6 Å². The van der Waals surface area contributed by atoms with E-state index in [4.69, 9.17) is 0 Å². The summed E-state index contributed by atoms with van der Waals surface area (Å²) in [6.45, 7) is 4.71. The predicted molar refractivity (Wildman–Crippen MR) is 109 cm³/mol. The highest BCUT2D eigenvalue weighted by Gasteiger charge is 2.29. The topological polar surface area (TPSA) is 79.4 Å². The van der Waals surface area contributed by atoms with Gasteiger partial charge in [0.05, 0.1) is 4.90 Å². The van der Waals surface area contributed by atoms with Crippen LogP contribution in [0.4, 0.5) is 0 Å². The van der Waals surface area contributed by atoms with E-state index in [0.717, 1.165) is 38.0 Å². The molecule has 1 aliphatic rings. The Hall–Kier alpha value is -2.25. The molecule has 0 radical (unpaired) electrons. The molecule has 28 heavy (non-hydrogen) atoms. The summed E-state index contributed by atoms with van der Waals surface area (Å²) in [4.78, 5) is 19.3. The minimum absolute atomic E-state index is 0.117. The van der Waals surface area contributed by atoms with Crippen molar-refractivity contribution in [1.82, 2.24) is 15.2 Å². The van der Waals surface area contributed by atoms with Crippen molar-refractivity contribution in [3.05, 3.63) is 59.9 Å². The quantitative estimate of drug-likeness (QED) is 0.805. The fourth-order valence-electron chi connectivity index (χ4n) is 3.69. The molecule has 0 bridgehead atoms. The van der Waals surface area contributed by atoms with Crippen LogP contribution in [0.15, 0.2) is 53.6 Å². The number of amides is 1. The molecule has 3 rings (SSSR count). The van der Waals surface area contributed by atoms with Crippen LogP contribution in [0, 0.1) is 5.92 Å². The molecule has 2 atom stereocenters. The molecule has 2 heterocycles. The Morgan fingerprint density at radius 3 is 2.57 bits per heavy atom. The van der Waals surface area contributed by atoms with Crippen LogP contribution in [0.2, 0.25) is 0 Å². The van der Waals surface area contributed by atoms with Crippen molar-refractivity contribution in [3.63, 3.8) is 0 Å². The summed E-state index contributed by atoms with van der Waals surface area (Å²) in [6, 6.07) is 12.6. The van der Waals surface area contributed by atoms with E-state index in [-0.39, 0.29) is 11.9 Å². The van der Waals surface area contributed by atoms with E-state index in [9.17, 15) is 13.2 Å². The maximum absolute atomic E-state index is 12.4. The molecule has 0 unspecified atom stereocenters. The van der Waals surface area contributed by atoms with Crippen LogP contribution in [0.1, 0.15) is 35.8 Å². The third-order valence-electron chi connectivity index (χ3n) is 5.31. The highest BCUT2D eigenvalue weighted by Crippen LogP contribution is 2.22. The third-order valence-corrected chi connectivity index (χ3v) is 6.44. The van der Waals surface area contributed by atoms with E-state index < -0.39 is 9.84 Å². The van der Waals surface area contributed by atoms with Crippen molar-refractivity contribution in [2.24, 2.45) is 5.92 Å². The Labute approximate surface area is 166 Å². The number of hydrogen-bond donors (Lipinski definition) is 1. The molecule has 1 aliphatic heterocycles. The molecule has 1 aromatic heterocycles. The number of rotatable bonds is 6. The molecule has 1 saturated heterocycles. The average molecular weight is 402 g/mol. The molecule has 2 aromatic rings. The Kier molecular flexibility index (Phi) is 6.46. The van der Waals surface area contributed by atoms with Gasteiger partial charge in [-0.3, -0.25) is 14.7 Å². The van der Waals surface area contributed by atoms with Gasteiger partial charge in [0.2, 0.25) is 0 Å². The summed E-state index contributed by atoms with van der Waals surface area (Å²) in [5.74, 6) is 0.255. The normalized spacial score (nSPS) is 20.6. The van der Waals surface area contributed by atoms with Gasteiger partial charge in [0.1, 0.15) is 5.69 Å². The Bertz CT molecular complexity index is 898. The standard InChI is InChI=1S/C21H27N3O3S/c1-3-17-15-24(14-16-7-9-18(10-8-16)28(2,26)27)13-11-19(17)23-21(25)20-6-4-5-12-22-20/h4-10,12,17,19H,3,11,13-15H2,1-2H3,(H,23,25)/t17-,19+/m1/s1. The molecular formula is C21H27N3O3S. The minimum Gasteiger partial charge on any atom is -0.348 e. The zero-order valence-electron chi connectivity index (χ0n) is 16.3. The van der Waals surface area contributed by atoms with E-state index in [2.05, 4.69) is 22.1 Å². The smallest absolute Gasteiger partial charge is 0.270 e. The molecular weight excluding hydrogens is 374 g/mol. The molecule has 6 nitrogen and oxygen atoms in total. The number of nitrogens with zero attached hydrogens (tertiary/aromatic N) is 2. The molecule has 0 saturated carbocycles. The second-order valence-corrected chi connectivity index (χ2v) is 9.42. The molecule has 1 N–H and O–H groups in total. The summed E-state index contributed by atoms with van der Waals surface area (Å²) in [5, 5.41) is 3.15. The van der Waals surface area contributed by atoms with Crippen LogP contribution in [0.25, 0.3) is 0 Å². The SMILES string of the molecule is CC[C@@H]1CN(Cc2ccc(S(C)(=O)=O)cc2)CC[C@@H]1NC(=O)c1ccccn1. The van der Waals surface area contributed by atoms with Crippen molar-refractivity contribution in [2.45, 2.75) is 37.2 Å². The zero-order valence-corrected chi connectivity index (χ0v) is 17.2. The molecule has 0 spiro atoms. The van der Waals surface area contributed by atoms with Gasteiger partial charge in [0.25, 0.3) is 5.91 Å². The van der Waals surface area contributed by atoms with Crippen LogP contribution < -0.4 is 5.32 Å². The highest BCUT2D eigenvalue weighted by molar-refractivity contribution is 7.90. The van der Waals surface area contributed by atoms with Crippen molar-refractivity contribution >= 4 is 15.7 Å². The average Bonchev–Trinajstić information content (AvgIpc) is 2.69. The van der Waals surface area contributed by atoms with Gasteiger partial charge in [-0.05, 0) is 42.2 Å². The lowest BCUT2D eigenvalue weighted by Crippen LogP contribution is -2.50. The highest BCUT2D eigenvalue weighted by atomic mass is 32.2. The zero-order chi connectivity index (χ0) is 20.1. The number of likely N-dealkylation sites (tertiary alicyclic amines) is 1. The summed E-state index contributed by atoms with van der Waals surface area (Å²) >= 11 is 0. The number of nitrogens with one attached hydrogen (secondary N) is 1. The maximum Gasteiger partial charge on any atom is 0.270 e. The van der Waals surface area contributed by atoms with Gasteiger partial charge in [0.15, 0.2) is 9.84 Å². The van der Waals surface area contributed by atoms with Gasteiger partial charge in [-0.2, -0.15) is 0 Å². The number of aromatic nitrogens is 1. The summed E-state index contributed by atoms with van der Waals surface area (Å²) < 4.78 is 23.2. The maximum atomic E-state index is 12.4. The summed E-state index contributed by atoms with van der Waals surface area (Å²) in [5.41, 5.74) is 1.55. The first-order valence-corrected chi connectivity index (χ1v) is 11.5. The number of carbonyl (C=O) groups excluding carboxylic acids is 1. The molecule has 0 aliphatic carbocycles. The van der Waals surface area contributed by atoms with Gasteiger partial charge in [-0.15, -0.1) is 0 Å². The van der Waals surface area contributed by atoms with Gasteiger partial charge < -0.3 is 5.32 Å². The van der Waals surface area contributed by atoms with Crippen LogP contribution in [-0.2, 0) is 16.4 Å². The van der Waals surface area contributed by atoms with Crippen LogP contribution in [0.5, 0.6) is 0 Å². The predicted octanol–water partition coefficient (Wildman–Crippen LogP) is 2.52. The number of carbonyl (C=O) groups is 1. The first-order valence-electron chi connectivity index (χ1n) is 9.60. The minimum atomic E-state index is -3.17. The summed E-state index contributed by atoms with van der Waals surface area (Å²) in [6.07, 6.45) is 4.72. The second-order valence-electron chi connectivity index (χ2n) is 7.40. The first kappa shape index (κ1) is 20.5. The van der Waals surface area contributed by atoms with E-state index in [1.54, 1.807) is 30.5 Å². The Balaban J connectivity index is 1.59. The molecule has 7 heteroatoms. The van der Waals surface area contributed by atoms with Gasteiger partial charge >= 0.3 is 0 Å². The van der Waals surface area contributed by atoms with Crippen LogP contribution in [0.3, 0.4) is 0 Å². The second kappa shape index (κ2) is 8.84. The summed E-state index contributed by atoms with van der Waals surface area (Å²) in [7, 11) is -3.17. The molecule has 150 valence electrons. The number of piperidine rings is 1. The third kappa shape index (κ3) is 5.17. The number of benzene rings is 1. The van der Waals surface area contributed by atoms with Crippen LogP contribution >= 0.6 is 0 Å². The van der Waals surface area contributed by atoms with Crippen molar-refractivity contribution < 1.29 is 13.2 Å². The largest absolute Gasteiger partial charge is 0.348 e. The fourth-order valence-corrected chi connectivity index (χ4v) is 4.32. The van der Waals surface area contributed by atoms with E-state index >= 15 is 0 Å². The lowest BCUT2D eigenvalue weighted by Gasteiger charge is -2.38. The van der Waals surface area contributed by atoms with Crippen molar-refractivity contribution in [3.8, 4) is 0 Å². The monoisotopic (exact) mass is 401 g/mol. The van der Waals surface area contributed by atoms with Crippen molar-refractivity contribution in [2.75, 3.05) is 19.3 Å². The van der Waals surface area contributed by atoms with Gasteiger partial charge in [-0.1, -0.05) is 31.5 Å². The molecule has 1 amide bonds. The van der Waals surface area contributed by atoms with Crippen molar-refractivity contribution in [1.29, 1.82) is 0 Å². The van der Waals surface area contributed by atoms with E-state index in [1.807, 2.05) is 18.2 Å². The van der Waals surface area contributed by atoms with E-state index in [0.29, 0.717) is 16.5 Å². The fraction of sp³-hybridized carbons (Fsp3) is 0.429. The lowest BCUT2D eigenvalue weighted by atomic mass is 9.89. The number of hydrogen-bond acceptors (Lipinski definition) is 5. The first-order chi connectivity index (χ1) is 13.4. The van der Waals surface area contributed by atoms with Gasteiger partial charge in [0, 0.05) is 38.1 Å². The Morgan fingerprint density at radius 2 is 1.96 bits per heavy atom. The van der Waals surface area contributed by atoms with Gasteiger partial charge in [-0.25, -0.2) is 8.42 Å². The Morgan fingerprint density at radius 1 is 1.21 bits per heavy atom. The lowest BCUT2D eigenvalue weighted by molar-refractivity contribution is 0.0836. The molecule has 1 fully saturated rings. The number of sulfone groups is 1. The van der Waals surface area contributed by atoms with E-state index in [1.165, 1.54) is 6.26 Å².